The molecule has 1 aromatic rings. The van der Waals surface area contributed by atoms with Crippen molar-refractivity contribution in [3.8, 4) is 0 Å². The van der Waals surface area contributed by atoms with Crippen LogP contribution in [0.15, 0.2) is 24.3 Å². The third-order valence-corrected chi connectivity index (χ3v) is 4.64. The Morgan fingerprint density at radius 1 is 0.692 bits per heavy atom. The molecule has 0 amide bonds. The molecule has 0 radical (unpaired) electrons. The maximum Gasteiger partial charge on any atom is 0.312 e. The second-order valence-corrected chi connectivity index (χ2v) is 7.79. The lowest BCUT2D eigenvalue weighted by Gasteiger charge is -2.34. The van der Waals surface area contributed by atoms with E-state index in [9.17, 15) is 35.1 Å². The van der Waals surface area contributed by atoms with E-state index in [1.165, 1.54) is 24.3 Å². The van der Waals surface area contributed by atoms with Crippen LogP contribution in [0.2, 0.25) is 0 Å². The molecule has 0 bridgehead atoms. The molecule has 0 saturated carbocycles. The molecule has 0 unspecified atom stereocenters. The van der Waals surface area contributed by atoms with Gasteiger partial charge in [-0.15, -0.1) is 0 Å². The summed E-state index contributed by atoms with van der Waals surface area (Å²) in [6.45, 7) is 3.95. The van der Waals surface area contributed by atoms with Gasteiger partial charge in [-0.25, -0.2) is 17.6 Å². The van der Waals surface area contributed by atoms with Gasteiger partial charge in [-0.05, 0) is 24.0 Å². The second-order valence-electron chi connectivity index (χ2n) is 7.79. The van der Waals surface area contributed by atoms with E-state index in [4.69, 9.17) is 0 Å². The minimum absolute atomic E-state index is 0.240. The van der Waals surface area contributed by atoms with Gasteiger partial charge in [0.05, 0.1) is 0 Å². The Kier molecular flexibility index (Phi) is 6.42. The summed E-state index contributed by atoms with van der Waals surface area (Å²) in [6.07, 6.45) is -8.54. The standard InChI is InChI=1S/C18H22F8/c1-15(2,17(23,24)13(19)20)9-11-6-5-7-12(8-11)10-16(3,4)18(25,26)14(21)22/h5-8,13-14H,9-10H2,1-4H3. The van der Waals surface area contributed by atoms with E-state index in [0.717, 1.165) is 27.7 Å². The second kappa shape index (κ2) is 7.35. The zero-order chi connectivity index (χ0) is 20.6. The van der Waals surface area contributed by atoms with Crippen molar-refractivity contribution in [3.63, 3.8) is 0 Å². The van der Waals surface area contributed by atoms with Gasteiger partial charge in [-0.3, -0.25) is 0 Å². The monoisotopic (exact) mass is 390 g/mol. The molecular formula is C18H22F8. The molecule has 8 heteroatoms. The lowest BCUT2D eigenvalue weighted by Crippen LogP contribution is -2.44. The van der Waals surface area contributed by atoms with Crippen LogP contribution < -0.4 is 0 Å². The summed E-state index contributed by atoms with van der Waals surface area (Å²) in [5.41, 5.74) is -3.68. The van der Waals surface area contributed by atoms with E-state index < -0.39 is 48.4 Å². The Labute approximate surface area is 147 Å². The van der Waals surface area contributed by atoms with Crippen molar-refractivity contribution in [1.82, 2.24) is 0 Å². The van der Waals surface area contributed by atoms with E-state index in [-0.39, 0.29) is 11.1 Å². The average molecular weight is 390 g/mol. The molecule has 0 atom stereocenters. The predicted molar refractivity (Wildman–Crippen MR) is 83.3 cm³/mol. The Morgan fingerprint density at radius 3 is 1.27 bits per heavy atom. The van der Waals surface area contributed by atoms with Crippen LogP contribution in [-0.4, -0.2) is 24.7 Å². The largest absolute Gasteiger partial charge is 0.312 e. The summed E-state index contributed by atoms with van der Waals surface area (Å²) in [5, 5.41) is 0. The first-order valence-electron chi connectivity index (χ1n) is 7.94. The molecule has 0 N–H and O–H groups in total. The molecule has 0 aliphatic rings. The Bertz CT molecular complexity index is 556. The van der Waals surface area contributed by atoms with Crippen LogP contribution in [0, 0.1) is 10.8 Å². The predicted octanol–water partition coefficient (Wildman–Crippen LogP) is 6.62. The number of rotatable bonds is 8. The molecule has 0 saturated heterocycles. The van der Waals surface area contributed by atoms with Crippen LogP contribution >= 0.6 is 0 Å². The average Bonchev–Trinajstić information content (AvgIpc) is 2.45. The highest BCUT2D eigenvalue weighted by Gasteiger charge is 2.55. The first-order chi connectivity index (χ1) is 11.5. The number of hydrogen-bond donors (Lipinski definition) is 0. The van der Waals surface area contributed by atoms with Gasteiger partial charge in [0.15, 0.2) is 0 Å². The number of alkyl halides is 8. The first kappa shape index (κ1) is 22.7. The minimum Gasteiger partial charge on any atom is -0.204 e. The molecule has 1 aromatic carbocycles. The molecule has 1 rings (SSSR count). The van der Waals surface area contributed by atoms with E-state index in [0.29, 0.717) is 0 Å². The van der Waals surface area contributed by atoms with Crippen LogP contribution in [0.25, 0.3) is 0 Å². The molecule has 150 valence electrons. The van der Waals surface area contributed by atoms with Crippen molar-refractivity contribution >= 4 is 0 Å². The molecule has 0 aliphatic carbocycles. The van der Waals surface area contributed by atoms with E-state index >= 15 is 0 Å². The quantitative estimate of drug-likeness (QED) is 0.437. The van der Waals surface area contributed by atoms with Crippen LogP contribution in [-0.2, 0) is 12.8 Å². The van der Waals surface area contributed by atoms with Gasteiger partial charge >= 0.3 is 24.7 Å². The van der Waals surface area contributed by atoms with Gasteiger partial charge in [-0.1, -0.05) is 52.0 Å². The molecular weight excluding hydrogens is 368 g/mol. The zero-order valence-electron chi connectivity index (χ0n) is 14.9. The fourth-order valence-electron chi connectivity index (χ4n) is 2.70. The topological polar surface area (TPSA) is 0 Å². The molecule has 26 heavy (non-hydrogen) atoms. The highest BCUT2D eigenvalue weighted by molar-refractivity contribution is 5.26. The number of halogens is 8. The number of benzene rings is 1. The van der Waals surface area contributed by atoms with Crippen molar-refractivity contribution in [2.45, 2.75) is 65.2 Å². The third kappa shape index (κ3) is 4.49. The van der Waals surface area contributed by atoms with Crippen molar-refractivity contribution in [2.24, 2.45) is 10.8 Å². The van der Waals surface area contributed by atoms with Crippen LogP contribution in [0.1, 0.15) is 38.8 Å². The third-order valence-electron chi connectivity index (χ3n) is 4.64. The Balaban J connectivity index is 3.06. The molecule has 0 spiro atoms. The fourth-order valence-corrected chi connectivity index (χ4v) is 2.70. The SMILES string of the molecule is CC(C)(Cc1cccc(CC(C)(C)C(F)(F)C(F)F)c1)C(F)(F)C(F)F. The highest BCUT2D eigenvalue weighted by Crippen LogP contribution is 2.45. The summed E-state index contributed by atoms with van der Waals surface area (Å²) < 4.78 is 105. The summed E-state index contributed by atoms with van der Waals surface area (Å²) in [7, 11) is 0. The van der Waals surface area contributed by atoms with E-state index in [1.807, 2.05) is 0 Å². The highest BCUT2D eigenvalue weighted by atomic mass is 19.3. The Morgan fingerprint density at radius 2 is 1.00 bits per heavy atom. The normalized spacial score (nSPS) is 14.4. The van der Waals surface area contributed by atoms with Gasteiger partial charge in [-0.2, -0.15) is 17.6 Å². The lowest BCUT2D eigenvalue weighted by atomic mass is 9.77. The van der Waals surface area contributed by atoms with E-state index in [1.54, 1.807) is 0 Å². The Hall–Kier alpha value is -1.34. The van der Waals surface area contributed by atoms with Gasteiger partial charge in [0.2, 0.25) is 0 Å². The summed E-state index contributed by atoms with van der Waals surface area (Å²) in [4.78, 5) is 0. The molecule has 0 nitrogen and oxygen atoms in total. The number of hydrogen-bond acceptors (Lipinski definition) is 0. The summed E-state index contributed by atoms with van der Waals surface area (Å²) in [5.74, 6) is -8.49. The maximum atomic E-state index is 13.7. The summed E-state index contributed by atoms with van der Waals surface area (Å²) >= 11 is 0. The molecule has 0 aromatic heterocycles. The van der Waals surface area contributed by atoms with Crippen LogP contribution in [0.4, 0.5) is 35.1 Å². The van der Waals surface area contributed by atoms with Crippen molar-refractivity contribution in [2.75, 3.05) is 0 Å². The van der Waals surface area contributed by atoms with Crippen molar-refractivity contribution < 1.29 is 35.1 Å². The van der Waals surface area contributed by atoms with Crippen LogP contribution in [0.3, 0.4) is 0 Å². The van der Waals surface area contributed by atoms with Crippen molar-refractivity contribution in [1.29, 1.82) is 0 Å². The van der Waals surface area contributed by atoms with Gasteiger partial charge in [0.25, 0.3) is 0 Å². The first-order valence-corrected chi connectivity index (χ1v) is 7.94. The minimum atomic E-state index is -4.25. The van der Waals surface area contributed by atoms with Gasteiger partial charge in [0.1, 0.15) is 0 Å². The van der Waals surface area contributed by atoms with E-state index in [2.05, 4.69) is 0 Å². The van der Waals surface area contributed by atoms with Gasteiger partial charge in [0, 0.05) is 10.8 Å². The summed E-state index contributed by atoms with van der Waals surface area (Å²) in [6, 6.07) is 5.53. The lowest BCUT2D eigenvalue weighted by molar-refractivity contribution is -0.197. The molecule has 0 heterocycles. The maximum absolute atomic E-state index is 13.7. The molecule has 0 aliphatic heterocycles. The van der Waals surface area contributed by atoms with Crippen molar-refractivity contribution in [3.05, 3.63) is 35.4 Å². The smallest absolute Gasteiger partial charge is 0.204 e. The molecule has 0 fully saturated rings. The fraction of sp³-hybridized carbons (Fsp3) is 0.667. The van der Waals surface area contributed by atoms with Gasteiger partial charge < -0.3 is 0 Å². The van der Waals surface area contributed by atoms with Crippen LogP contribution in [0.5, 0.6) is 0 Å². The zero-order valence-corrected chi connectivity index (χ0v) is 14.9.